The Kier molecular flexibility index (Phi) is 6.56. The monoisotopic (exact) mass is 539 g/mol. The third kappa shape index (κ3) is 5.48. The second kappa shape index (κ2) is 9.25. The number of nitrogens with zero attached hydrogens (tertiary/aromatic N) is 3. The number of amides is 1. The zero-order valence-corrected chi connectivity index (χ0v) is 20.6. The number of carbonyl (C=O) groups excluding carboxylic acids is 1. The summed E-state index contributed by atoms with van der Waals surface area (Å²) in [5, 5.41) is 9.12. The Morgan fingerprint density at radius 1 is 1.16 bits per heavy atom. The lowest BCUT2D eigenvalue weighted by Crippen LogP contribution is -2.21. The van der Waals surface area contributed by atoms with Gasteiger partial charge in [-0.25, -0.2) is 18.4 Å². The highest BCUT2D eigenvalue weighted by Gasteiger charge is 2.47. The predicted molar refractivity (Wildman–Crippen MR) is 124 cm³/mol. The lowest BCUT2D eigenvalue weighted by atomic mass is 10.1. The number of nitrogens with one attached hydrogen (secondary N) is 2. The van der Waals surface area contributed by atoms with E-state index in [1.807, 2.05) is 0 Å². The molecule has 14 heteroatoms. The Hall–Kier alpha value is -3.81. The number of carbonyl (C=O) groups is 1. The van der Waals surface area contributed by atoms with Crippen LogP contribution in [-0.4, -0.2) is 38.7 Å². The molecular formula is C23H21F4N5O4S. The van der Waals surface area contributed by atoms with Crippen LogP contribution in [0.15, 0.2) is 41.3 Å². The van der Waals surface area contributed by atoms with Crippen LogP contribution in [0.2, 0.25) is 0 Å². The maximum absolute atomic E-state index is 14.4. The van der Waals surface area contributed by atoms with Gasteiger partial charge in [0.05, 0.1) is 22.5 Å². The van der Waals surface area contributed by atoms with E-state index in [0.717, 1.165) is 6.92 Å². The second-order valence-electron chi connectivity index (χ2n) is 8.45. The number of hydrogen-bond donors (Lipinski definition) is 2. The van der Waals surface area contributed by atoms with Crippen LogP contribution >= 0.6 is 0 Å². The number of aromatic nitrogens is 3. The van der Waals surface area contributed by atoms with Gasteiger partial charge < -0.3 is 14.8 Å². The van der Waals surface area contributed by atoms with Crippen LogP contribution in [0, 0.1) is 11.7 Å². The van der Waals surface area contributed by atoms with Crippen molar-refractivity contribution in [2.75, 3.05) is 18.7 Å². The zero-order valence-electron chi connectivity index (χ0n) is 19.8. The molecule has 196 valence electrons. The molecule has 0 aliphatic heterocycles. The van der Waals surface area contributed by atoms with Gasteiger partial charge in [-0.2, -0.15) is 13.2 Å². The number of halogens is 4. The van der Waals surface area contributed by atoms with Gasteiger partial charge >= 0.3 is 6.18 Å². The van der Waals surface area contributed by atoms with Gasteiger partial charge in [0.25, 0.3) is 17.7 Å². The average molecular weight is 540 g/mol. The lowest BCUT2D eigenvalue weighted by Gasteiger charge is -2.17. The molecule has 9 nitrogen and oxygen atoms in total. The average Bonchev–Trinajstić information content (AvgIpc) is 3.56. The maximum Gasteiger partial charge on any atom is 0.435 e. The van der Waals surface area contributed by atoms with Crippen LogP contribution in [-0.2, 0) is 21.6 Å². The maximum atomic E-state index is 14.4. The van der Waals surface area contributed by atoms with E-state index in [4.69, 9.17) is 14.3 Å². The molecule has 2 N–H and O–H groups in total. The summed E-state index contributed by atoms with van der Waals surface area (Å²) in [6.45, 7) is 1.04. The molecule has 0 bridgehead atoms. The molecule has 2 aromatic heterocycles. The molecule has 1 aliphatic rings. The van der Waals surface area contributed by atoms with E-state index in [-0.39, 0.29) is 27.9 Å². The fourth-order valence-electron chi connectivity index (χ4n) is 3.49. The first-order valence-corrected chi connectivity index (χ1v) is 12.7. The largest absolute Gasteiger partial charge is 0.478 e. The van der Waals surface area contributed by atoms with Gasteiger partial charge in [0.15, 0.2) is 17.1 Å². The molecule has 1 amide bonds. The minimum atomic E-state index is -4.91. The molecule has 1 aromatic carbocycles. The molecule has 1 saturated carbocycles. The number of ether oxygens (including phenoxy) is 2. The Morgan fingerprint density at radius 2 is 1.86 bits per heavy atom. The number of alkyl halides is 4. The highest BCUT2D eigenvalue weighted by molar-refractivity contribution is 7.91. The summed E-state index contributed by atoms with van der Waals surface area (Å²) in [7, 11) is -1.87. The molecule has 1 aliphatic carbocycles. The molecule has 37 heavy (non-hydrogen) atoms. The third-order valence-electron chi connectivity index (χ3n) is 5.60. The molecule has 0 saturated heterocycles. The summed E-state index contributed by atoms with van der Waals surface area (Å²) in [5.41, 5.74) is -3.90. The normalized spacial score (nSPS) is 16.0. The van der Waals surface area contributed by atoms with E-state index < -0.39 is 50.2 Å². The second-order valence-corrected chi connectivity index (χ2v) is 10.6. The van der Waals surface area contributed by atoms with Gasteiger partial charge in [-0.15, -0.1) is 10.2 Å². The van der Waals surface area contributed by atoms with Gasteiger partial charge in [-0.3, -0.25) is 4.79 Å². The Morgan fingerprint density at radius 3 is 2.46 bits per heavy atom. The summed E-state index contributed by atoms with van der Waals surface area (Å²) >= 11 is 0. The highest BCUT2D eigenvalue weighted by atomic mass is 32.2. The Balaban J connectivity index is 1.75. The summed E-state index contributed by atoms with van der Waals surface area (Å²) in [4.78, 5) is 17.4. The molecule has 0 spiro atoms. The molecule has 4 rings (SSSR count). The number of pyridine rings is 1. The van der Waals surface area contributed by atoms with Crippen LogP contribution in [0.25, 0.3) is 0 Å². The van der Waals surface area contributed by atoms with Crippen molar-refractivity contribution in [3.63, 3.8) is 0 Å². The van der Waals surface area contributed by atoms with Gasteiger partial charge in [-0.1, -0.05) is 6.07 Å². The lowest BCUT2D eigenvalue weighted by molar-refractivity contribution is -0.142. The van der Waals surface area contributed by atoms with E-state index in [2.05, 4.69) is 20.5 Å². The molecule has 1 unspecified atom stereocenters. The van der Waals surface area contributed by atoms with Crippen LogP contribution in [0.3, 0.4) is 0 Å². The summed E-state index contributed by atoms with van der Waals surface area (Å²) < 4.78 is 85.6. The molecule has 2 heterocycles. The SMILES string of the molecule is COc1nc(C2(F)CC2)ccc1Oc1nnc(C(F)(F)F)c(C)c1C(=O)Nc1cccc(S(C)(=N)=O)c1. The van der Waals surface area contributed by atoms with Crippen molar-refractivity contribution < 1.29 is 36.0 Å². The Labute approximate surface area is 209 Å². The van der Waals surface area contributed by atoms with Gasteiger partial charge in [0, 0.05) is 16.8 Å². The van der Waals surface area contributed by atoms with E-state index in [0.29, 0.717) is 12.8 Å². The van der Waals surface area contributed by atoms with Crippen molar-refractivity contribution in [2.24, 2.45) is 0 Å². The van der Waals surface area contributed by atoms with E-state index in [1.54, 1.807) is 0 Å². The molecule has 1 fully saturated rings. The molecule has 1 atom stereocenters. The van der Waals surface area contributed by atoms with Crippen molar-refractivity contribution in [1.82, 2.24) is 15.2 Å². The van der Waals surface area contributed by atoms with Crippen LogP contribution < -0.4 is 14.8 Å². The van der Waals surface area contributed by atoms with Gasteiger partial charge in [0.1, 0.15) is 5.56 Å². The summed E-state index contributed by atoms with van der Waals surface area (Å²) in [6, 6.07) is 8.22. The molecule has 3 aromatic rings. The van der Waals surface area contributed by atoms with Crippen molar-refractivity contribution in [3.05, 3.63) is 58.9 Å². The Bertz CT molecular complexity index is 1490. The topological polar surface area (TPSA) is 127 Å². The van der Waals surface area contributed by atoms with Crippen LogP contribution in [0.5, 0.6) is 17.5 Å². The minimum Gasteiger partial charge on any atom is -0.478 e. The third-order valence-corrected chi connectivity index (χ3v) is 6.75. The summed E-state index contributed by atoms with van der Waals surface area (Å²) in [5.74, 6) is -1.89. The van der Waals surface area contributed by atoms with Gasteiger partial charge in [0.2, 0.25) is 0 Å². The van der Waals surface area contributed by atoms with Crippen molar-refractivity contribution in [1.29, 1.82) is 4.78 Å². The number of anilines is 1. The zero-order chi connectivity index (χ0) is 27.2. The fourth-order valence-corrected chi connectivity index (χ4v) is 4.18. The van der Waals surface area contributed by atoms with Crippen molar-refractivity contribution in [2.45, 2.75) is 36.5 Å². The van der Waals surface area contributed by atoms with E-state index >= 15 is 0 Å². The minimum absolute atomic E-state index is 0.0846. The number of rotatable bonds is 7. The van der Waals surface area contributed by atoms with Crippen molar-refractivity contribution in [3.8, 4) is 17.5 Å². The summed E-state index contributed by atoms with van der Waals surface area (Å²) in [6.07, 6.45) is -3.13. The fraction of sp³-hybridized carbons (Fsp3) is 0.304. The molecular weight excluding hydrogens is 518 g/mol. The van der Waals surface area contributed by atoms with Gasteiger partial charge in [-0.05, 0) is 55.7 Å². The van der Waals surface area contributed by atoms with Crippen molar-refractivity contribution >= 4 is 21.3 Å². The predicted octanol–water partition coefficient (Wildman–Crippen LogP) is 5.25. The quantitative estimate of drug-likeness (QED) is 0.393. The first-order valence-electron chi connectivity index (χ1n) is 10.7. The highest BCUT2D eigenvalue weighted by Crippen LogP contribution is 2.50. The molecule has 0 radical (unpaired) electrons. The number of hydrogen-bond acceptors (Lipinski definition) is 8. The first-order chi connectivity index (χ1) is 17.2. The smallest absolute Gasteiger partial charge is 0.435 e. The first kappa shape index (κ1) is 26.3. The number of benzene rings is 1. The van der Waals surface area contributed by atoms with Crippen LogP contribution in [0.4, 0.5) is 23.2 Å². The standard InChI is InChI=1S/C23H21F4N5O4S/c1-12-17(19(33)29-13-5-4-6-14(11-13)37(3,28)34)21(32-31-18(12)23(25,26)27)36-15-7-8-16(22(24)9-10-22)30-20(15)35-2/h4-8,11,28H,9-10H2,1-3H3,(H,29,33). The van der Waals surface area contributed by atoms with Crippen LogP contribution in [0.1, 0.15) is 40.2 Å². The number of methoxy groups -OCH3 is 1. The van der Waals surface area contributed by atoms with E-state index in [1.165, 1.54) is 49.8 Å². The van der Waals surface area contributed by atoms with E-state index in [9.17, 15) is 26.6 Å².